The first-order valence-electron chi connectivity index (χ1n) is 6.04. The Morgan fingerprint density at radius 3 is 2.63 bits per heavy atom. The summed E-state index contributed by atoms with van der Waals surface area (Å²) in [6, 6.07) is -0.541. The van der Waals surface area contributed by atoms with Crippen LogP contribution in [0, 0.1) is 0 Å². The SMILES string of the molecule is CSCCC(N)C(=O)NCCCN(C)CC(F)(F)F. The zero-order valence-electron chi connectivity index (χ0n) is 11.3. The van der Waals surface area contributed by atoms with Crippen LogP contribution in [0.1, 0.15) is 12.8 Å². The first kappa shape index (κ1) is 18.5. The Kier molecular flexibility index (Phi) is 9.20. The molecule has 0 aliphatic heterocycles. The predicted octanol–water partition coefficient (Wildman–Crippen LogP) is 1.07. The number of halogens is 3. The Bertz CT molecular complexity index is 264. The molecule has 0 aromatic carbocycles. The van der Waals surface area contributed by atoms with Gasteiger partial charge in [0.15, 0.2) is 0 Å². The van der Waals surface area contributed by atoms with Gasteiger partial charge in [-0.1, -0.05) is 0 Å². The van der Waals surface area contributed by atoms with E-state index in [9.17, 15) is 18.0 Å². The zero-order valence-corrected chi connectivity index (χ0v) is 12.1. The van der Waals surface area contributed by atoms with Crippen molar-refractivity contribution in [1.29, 1.82) is 0 Å². The van der Waals surface area contributed by atoms with Crippen molar-refractivity contribution >= 4 is 17.7 Å². The minimum absolute atomic E-state index is 0.243. The fourth-order valence-corrected chi connectivity index (χ4v) is 1.94. The molecule has 1 unspecified atom stereocenters. The predicted molar refractivity (Wildman–Crippen MR) is 72.2 cm³/mol. The smallest absolute Gasteiger partial charge is 0.355 e. The third-order valence-corrected chi connectivity index (χ3v) is 3.08. The molecule has 0 rings (SSSR count). The molecule has 4 nitrogen and oxygen atoms in total. The molecule has 0 saturated carbocycles. The summed E-state index contributed by atoms with van der Waals surface area (Å²) in [6.07, 6.45) is -1.19. The van der Waals surface area contributed by atoms with Crippen LogP contribution < -0.4 is 11.1 Å². The van der Waals surface area contributed by atoms with Crippen LogP contribution in [0.15, 0.2) is 0 Å². The minimum atomic E-state index is -4.18. The molecule has 3 N–H and O–H groups in total. The van der Waals surface area contributed by atoms with Gasteiger partial charge in [-0.3, -0.25) is 9.69 Å². The summed E-state index contributed by atoms with van der Waals surface area (Å²) in [7, 11) is 1.40. The van der Waals surface area contributed by atoms with Gasteiger partial charge in [0, 0.05) is 6.54 Å². The minimum Gasteiger partial charge on any atom is -0.355 e. The highest BCUT2D eigenvalue weighted by atomic mass is 32.2. The largest absolute Gasteiger partial charge is 0.401 e. The first-order valence-corrected chi connectivity index (χ1v) is 7.43. The number of nitrogens with zero attached hydrogens (tertiary/aromatic N) is 1. The third kappa shape index (κ3) is 11.1. The Hall–Kier alpha value is -0.470. The molecular weight excluding hydrogens is 279 g/mol. The Morgan fingerprint density at radius 2 is 2.11 bits per heavy atom. The van der Waals surface area contributed by atoms with Gasteiger partial charge in [-0.2, -0.15) is 24.9 Å². The van der Waals surface area contributed by atoms with Crippen LogP contribution in [-0.2, 0) is 4.79 Å². The van der Waals surface area contributed by atoms with E-state index in [2.05, 4.69) is 5.32 Å². The number of hydrogen-bond donors (Lipinski definition) is 2. The maximum Gasteiger partial charge on any atom is 0.401 e. The second-order valence-electron chi connectivity index (χ2n) is 4.39. The van der Waals surface area contributed by atoms with E-state index >= 15 is 0 Å². The zero-order chi connectivity index (χ0) is 14.9. The van der Waals surface area contributed by atoms with Gasteiger partial charge < -0.3 is 11.1 Å². The van der Waals surface area contributed by atoms with E-state index in [-0.39, 0.29) is 12.5 Å². The van der Waals surface area contributed by atoms with Crippen LogP contribution in [0.25, 0.3) is 0 Å². The van der Waals surface area contributed by atoms with Gasteiger partial charge in [-0.25, -0.2) is 0 Å². The number of rotatable bonds is 9. The highest BCUT2D eigenvalue weighted by molar-refractivity contribution is 7.98. The van der Waals surface area contributed by atoms with Gasteiger partial charge in [0.05, 0.1) is 12.6 Å². The molecule has 0 aliphatic carbocycles. The molecule has 0 fully saturated rings. The molecule has 0 saturated heterocycles. The van der Waals surface area contributed by atoms with E-state index in [0.29, 0.717) is 19.4 Å². The molecule has 19 heavy (non-hydrogen) atoms. The molecule has 1 atom stereocenters. The number of nitrogens with one attached hydrogen (secondary N) is 1. The van der Waals surface area contributed by atoms with Gasteiger partial charge in [0.2, 0.25) is 5.91 Å². The average Bonchev–Trinajstić information content (AvgIpc) is 2.29. The van der Waals surface area contributed by atoms with E-state index in [0.717, 1.165) is 5.75 Å². The lowest BCUT2D eigenvalue weighted by atomic mass is 10.2. The molecule has 0 bridgehead atoms. The fourth-order valence-electron chi connectivity index (χ4n) is 1.45. The molecule has 114 valence electrons. The number of nitrogens with two attached hydrogens (primary N) is 1. The van der Waals surface area contributed by atoms with E-state index in [4.69, 9.17) is 5.73 Å². The normalized spacial score (nSPS) is 13.6. The van der Waals surface area contributed by atoms with Crippen molar-refractivity contribution in [2.24, 2.45) is 5.73 Å². The van der Waals surface area contributed by atoms with Gasteiger partial charge in [0.25, 0.3) is 0 Å². The van der Waals surface area contributed by atoms with Gasteiger partial charge in [0.1, 0.15) is 0 Å². The number of carbonyl (C=O) groups excluding carboxylic acids is 1. The molecule has 8 heteroatoms. The molecule has 0 spiro atoms. The number of thioether (sulfide) groups is 1. The van der Waals surface area contributed by atoms with Crippen molar-refractivity contribution in [3.63, 3.8) is 0 Å². The lowest BCUT2D eigenvalue weighted by molar-refractivity contribution is -0.143. The van der Waals surface area contributed by atoms with Gasteiger partial charge in [-0.05, 0) is 38.4 Å². The van der Waals surface area contributed by atoms with Crippen LogP contribution in [0.2, 0.25) is 0 Å². The number of hydrogen-bond acceptors (Lipinski definition) is 4. The van der Waals surface area contributed by atoms with Crippen LogP contribution >= 0.6 is 11.8 Å². The quantitative estimate of drug-likeness (QED) is 0.626. The van der Waals surface area contributed by atoms with Crippen molar-refractivity contribution in [2.75, 3.05) is 38.7 Å². The number of amides is 1. The molecule has 0 heterocycles. The summed E-state index contributed by atoms with van der Waals surface area (Å²) in [6.45, 7) is -0.317. The summed E-state index contributed by atoms with van der Waals surface area (Å²) < 4.78 is 36.1. The van der Waals surface area contributed by atoms with Crippen molar-refractivity contribution in [1.82, 2.24) is 10.2 Å². The maximum absolute atomic E-state index is 12.0. The summed E-state index contributed by atoms with van der Waals surface area (Å²) in [5.41, 5.74) is 5.64. The van der Waals surface area contributed by atoms with Crippen LogP contribution in [0.5, 0.6) is 0 Å². The van der Waals surface area contributed by atoms with E-state index in [1.165, 1.54) is 11.9 Å². The monoisotopic (exact) mass is 301 g/mol. The van der Waals surface area contributed by atoms with Crippen LogP contribution in [-0.4, -0.2) is 61.7 Å². The highest BCUT2D eigenvalue weighted by Gasteiger charge is 2.28. The second kappa shape index (κ2) is 9.44. The van der Waals surface area contributed by atoms with Crippen LogP contribution in [0.4, 0.5) is 13.2 Å². The van der Waals surface area contributed by atoms with Crippen molar-refractivity contribution in [3.8, 4) is 0 Å². The molecule has 0 aromatic rings. The van der Waals surface area contributed by atoms with Crippen molar-refractivity contribution < 1.29 is 18.0 Å². The average molecular weight is 301 g/mol. The Labute approximate surface area is 116 Å². The Morgan fingerprint density at radius 1 is 1.47 bits per heavy atom. The second-order valence-corrected chi connectivity index (χ2v) is 5.37. The number of carbonyl (C=O) groups is 1. The van der Waals surface area contributed by atoms with Crippen LogP contribution in [0.3, 0.4) is 0 Å². The Balaban J connectivity index is 3.65. The fraction of sp³-hybridized carbons (Fsp3) is 0.909. The molecule has 1 amide bonds. The van der Waals surface area contributed by atoms with Gasteiger partial charge in [-0.15, -0.1) is 0 Å². The van der Waals surface area contributed by atoms with E-state index < -0.39 is 18.8 Å². The van der Waals surface area contributed by atoms with E-state index in [1.54, 1.807) is 11.8 Å². The summed E-state index contributed by atoms with van der Waals surface area (Å²) in [5, 5.41) is 2.63. The first-order chi connectivity index (χ1) is 8.76. The molecule has 0 aromatic heterocycles. The lowest BCUT2D eigenvalue weighted by Gasteiger charge is -2.18. The summed E-state index contributed by atoms with van der Waals surface area (Å²) in [5.74, 6) is 0.565. The van der Waals surface area contributed by atoms with Crippen molar-refractivity contribution in [2.45, 2.75) is 25.1 Å². The summed E-state index contributed by atoms with van der Waals surface area (Å²) >= 11 is 1.61. The molecular formula is C11H22F3N3OS. The lowest BCUT2D eigenvalue weighted by Crippen LogP contribution is -2.42. The summed E-state index contributed by atoms with van der Waals surface area (Å²) in [4.78, 5) is 12.7. The third-order valence-electron chi connectivity index (χ3n) is 2.43. The standard InChI is InChI=1S/C11H22F3N3OS/c1-17(8-11(12,13)14)6-3-5-16-10(18)9(15)4-7-19-2/h9H,3-8,15H2,1-2H3,(H,16,18). The number of alkyl halides is 3. The molecule has 0 radical (unpaired) electrons. The highest BCUT2D eigenvalue weighted by Crippen LogP contribution is 2.15. The topological polar surface area (TPSA) is 58.4 Å². The van der Waals surface area contributed by atoms with Gasteiger partial charge >= 0.3 is 6.18 Å². The molecule has 0 aliphatic rings. The van der Waals surface area contributed by atoms with E-state index in [1.807, 2.05) is 6.26 Å². The van der Waals surface area contributed by atoms with Crippen molar-refractivity contribution in [3.05, 3.63) is 0 Å². The maximum atomic E-state index is 12.0.